The lowest BCUT2D eigenvalue weighted by Crippen LogP contribution is -2.63. The molecule has 2 aliphatic heterocycles. The number of fused-ring (bicyclic) bond motifs is 1. The third-order valence-electron chi connectivity index (χ3n) is 5.57. The molecule has 0 bridgehead atoms. The molecule has 2 nitrogen and oxygen atoms in total. The minimum atomic E-state index is 0.605. The Morgan fingerprint density at radius 2 is 2.00 bits per heavy atom. The van der Waals surface area contributed by atoms with E-state index in [1.807, 2.05) is 0 Å². The highest BCUT2D eigenvalue weighted by Crippen LogP contribution is 2.49. The standard InChI is InChI=1S/C16H22N2/c1-2-4-13-12(3-1)5-6-14(13)15-9-17-8-7-16(15)10-18-11-16/h1-4,14-15,17-18H,5-11H2. The smallest absolute Gasteiger partial charge is 0.00241 e. The molecule has 2 heterocycles. The van der Waals surface area contributed by atoms with Gasteiger partial charge in [-0.05, 0) is 55.3 Å². The van der Waals surface area contributed by atoms with Crippen molar-refractivity contribution in [2.45, 2.75) is 25.2 Å². The molecule has 0 saturated carbocycles. The van der Waals surface area contributed by atoms with Crippen LogP contribution in [0.15, 0.2) is 24.3 Å². The van der Waals surface area contributed by atoms with Gasteiger partial charge < -0.3 is 10.6 Å². The molecule has 2 fully saturated rings. The van der Waals surface area contributed by atoms with Gasteiger partial charge in [0.25, 0.3) is 0 Å². The number of aryl methyl sites for hydroxylation is 1. The molecule has 2 saturated heterocycles. The van der Waals surface area contributed by atoms with Crippen LogP contribution in [0.1, 0.15) is 29.9 Å². The van der Waals surface area contributed by atoms with Crippen molar-refractivity contribution in [1.82, 2.24) is 10.6 Å². The number of nitrogens with one attached hydrogen (secondary N) is 2. The minimum Gasteiger partial charge on any atom is -0.316 e. The second-order valence-electron chi connectivity index (χ2n) is 6.37. The van der Waals surface area contributed by atoms with E-state index in [0.717, 1.165) is 11.8 Å². The second-order valence-corrected chi connectivity index (χ2v) is 6.37. The van der Waals surface area contributed by atoms with Gasteiger partial charge in [0.1, 0.15) is 0 Å². The van der Waals surface area contributed by atoms with Gasteiger partial charge in [0.05, 0.1) is 0 Å². The first-order chi connectivity index (χ1) is 8.89. The summed E-state index contributed by atoms with van der Waals surface area (Å²) < 4.78 is 0. The lowest BCUT2D eigenvalue weighted by Gasteiger charge is -2.53. The van der Waals surface area contributed by atoms with Crippen LogP contribution < -0.4 is 10.6 Å². The van der Waals surface area contributed by atoms with Crippen LogP contribution in [0.25, 0.3) is 0 Å². The molecular formula is C16H22N2. The number of hydrogen-bond acceptors (Lipinski definition) is 2. The first-order valence-corrected chi connectivity index (χ1v) is 7.38. The average Bonchev–Trinajstić information content (AvgIpc) is 2.80. The van der Waals surface area contributed by atoms with E-state index in [4.69, 9.17) is 0 Å². The van der Waals surface area contributed by atoms with E-state index >= 15 is 0 Å². The summed E-state index contributed by atoms with van der Waals surface area (Å²) in [5, 5.41) is 7.16. The summed E-state index contributed by atoms with van der Waals surface area (Å²) in [6, 6.07) is 9.12. The highest BCUT2D eigenvalue weighted by molar-refractivity contribution is 5.36. The minimum absolute atomic E-state index is 0.605. The Labute approximate surface area is 109 Å². The van der Waals surface area contributed by atoms with Crippen LogP contribution in [-0.2, 0) is 6.42 Å². The summed E-state index contributed by atoms with van der Waals surface area (Å²) >= 11 is 0. The van der Waals surface area contributed by atoms with Crippen LogP contribution in [0.2, 0.25) is 0 Å². The van der Waals surface area contributed by atoms with Gasteiger partial charge in [-0.25, -0.2) is 0 Å². The van der Waals surface area contributed by atoms with Crippen LogP contribution in [0.5, 0.6) is 0 Å². The quantitative estimate of drug-likeness (QED) is 0.786. The second kappa shape index (κ2) is 4.07. The molecular weight excluding hydrogens is 220 g/mol. The van der Waals surface area contributed by atoms with Crippen molar-refractivity contribution in [2.24, 2.45) is 11.3 Å². The Hall–Kier alpha value is -0.860. The van der Waals surface area contributed by atoms with Gasteiger partial charge in [-0.3, -0.25) is 0 Å². The largest absolute Gasteiger partial charge is 0.316 e. The van der Waals surface area contributed by atoms with Gasteiger partial charge >= 0.3 is 0 Å². The Bertz CT molecular complexity index is 450. The molecule has 0 radical (unpaired) electrons. The summed E-state index contributed by atoms with van der Waals surface area (Å²) in [7, 11) is 0. The van der Waals surface area contributed by atoms with Gasteiger partial charge in [-0.15, -0.1) is 0 Å². The molecule has 2 atom stereocenters. The molecule has 1 spiro atoms. The fraction of sp³-hybridized carbons (Fsp3) is 0.625. The molecule has 2 heteroatoms. The predicted molar refractivity (Wildman–Crippen MR) is 73.8 cm³/mol. The number of piperidine rings is 1. The first kappa shape index (κ1) is 11.0. The normalized spacial score (nSPS) is 33.1. The third kappa shape index (κ3) is 1.49. The fourth-order valence-electron chi connectivity index (χ4n) is 4.46. The topological polar surface area (TPSA) is 24.1 Å². The molecule has 3 aliphatic rings. The number of rotatable bonds is 1. The lowest BCUT2D eigenvalue weighted by atomic mass is 9.61. The predicted octanol–water partition coefficient (Wildman–Crippen LogP) is 1.92. The molecule has 4 rings (SSSR count). The zero-order chi connectivity index (χ0) is 12.0. The Morgan fingerprint density at radius 3 is 2.83 bits per heavy atom. The highest BCUT2D eigenvalue weighted by atomic mass is 15.0. The van der Waals surface area contributed by atoms with Crippen molar-refractivity contribution in [3.8, 4) is 0 Å². The SMILES string of the molecule is c1ccc2c(c1)CCC2C1CNCCC12CNC2. The first-order valence-electron chi connectivity index (χ1n) is 7.38. The zero-order valence-electron chi connectivity index (χ0n) is 10.9. The van der Waals surface area contributed by atoms with Crippen LogP contribution in [0, 0.1) is 11.3 Å². The number of hydrogen-bond donors (Lipinski definition) is 2. The Morgan fingerprint density at radius 1 is 1.11 bits per heavy atom. The molecule has 1 aliphatic carbocycles. The molecule has 18 heavy (non-hydrogen) atoms. The Kier molecular flexibility index (Phi) is 2.49. The summed E-state index contributed by atoms with van der Waals surface area (Å²) in [6.45, 7) is 4.93. The fourth-order valence-corrected chi connectivity index (χ4v) is 4.46. The van der Waals surface area contributed by atoms with Crippen LogP contribution in [-0.4, -0.2) is 26.2 Å². The van der Waals surface area contributed by atoms with Crippen molar-refractivity contribution in [3.05, 3.63) is 35.4 Å². The highest BCUT2D eigenvalue weighted by Gasteiger charge is 2.49. The lowest BCUT2D eigenvalue weighted by molar-refractivity contribution is 0.0272. The van der Waals surface area contributed by atoms with Crippen LogP contribution in [0.4, 0.5) is 0 Å². The van der Waals surface area contributed by atoms with E-state index < -0.39 is 0 Å². The van der Waals surface area contributed by atoms with E-state index in [2.05, 4.69) is 34.9 Å². The molecule has 1 aromatic rings. The summed E-state index contributed by atoms with van der Waals surface area (Å²) in [4.78, 5) is 0. The van der Waals surface area contributed by atoms with Gasteiger partial charge in [0, 0.05) is 18.5 Å². The van der Waals surface area contributed by atoms with Crippen molar-refractivity contribution in [3.63, 3.8) is 0 Å². The van der Waals surface area contributed by atoms with Crippen molar-refractivity contribution >= 4 is 0 Å². The van der Waals surface area contributed by atoms with E-state index in [1.165, 1.54) is 45.4 Å². The average molecular weight is 242 g/mol. The van der Waals surface area contributed by atoms with Crippen LogP contribution >= 0.6 is 0 Å². The van der Waals surface area contributed by atoms with Gasteiger partial charge in [-0.1, -0.05) is 24.3 Å². The van der Waals surface area contributed by atoms with Gasteiger partial charge in [0.15, 0.2) is 0 Å². The molecule has 0 amide bonds. The van der Waals surface area contributed by atoms with E-state index in [-0.39, 0.29) is 0 Å². The molecule has 96 valence electrons. The third-order valence-corrected chi connectivity index (χ3v) is 5.57. The molecule has 2 N–H and O–H groups in total. The molecule has 0 aromatic heterocycles. The number of benzene rings is 1. The Balaban J connectivity index is 1.67. The summed E-state index contributed by atoms with van der Waals surface area (Å²) in [6.07, 6.45) is 4.03. The van der Waals surface area contributed by atoms with E-state index in [1.54, 1.807) is 11.1 Å². The maximum absolute atomic E-state index is 3.64. The summed E-state index contributed by atoms with van der Waals surface area (Å²) in [5.74, 6) is 1.65. The maximum atomic E-state index is 3.64. The monoisotopic (exact) mass is 242 g/mol. The zero-order valence-corrected chi connectivity index (χ0v) is 10.9. The van der Waals surface area contributed by atoms with Crippen LogP contribution in [0.3, 0.4) is 0 Å². The van der Waals surface area contributed by atoms with Gasteiger partial charge in [0.2, 0.25) is 0 Å². The van der Waals surface area contributed by atoms with Crippen molar-refractivity contribution in [1.29, 1.82) is 0 Å². The van der Waals surface area contributed by atoms with E-state index in [9.17, 15) is 0 Å². The molecule has 2 unspecified atom stereocenters. The maximum Gasteiger partial charge on any atom is 0.00241 e. The van der Waals surface area contributed by atoms with Crippen molar-refractivity contribution < 1.29 is 0 Å². The molecule has 1 aromatic carbocycles. The van der Waals surface area contributed by atoms with Gasteiger partial charge in [-0.2, -0.15) is 0 Å². The van der Waals surface area contributed by atoms with E-state index in [0.29, 0.717) is 5.41 Å². The van der Waals surface area contributed by atoms with Crippen molar-refractivity contribution in [2.75, 3.05) is 26.2 Å². The summed E-state index contributed by atoms with van der Waals surface area (Å²) in [5.41, 5.74) is 3.86.